The molecule has 4 nitrogen and oxygen atoms in total. The summed E-state index contributed by atoms with van der Waals surface area (Å²) in [6.07, 6.45) is 1.00. The van der Waals surface area contributed by atoms with Gasteiger partial charge >= 0.3 is 6.09 Å². The molecular weight excluding hydrogens is 264 g/mol. The minimum atomic E-state index is -0.823. The maximum absolute atomic E-state index is 11.4. The maximum atomic E-state index is 11.4. The van der Waals surface area contributed by atoms with Crippen molar-refractivity contribution in [3.63, 3.8) is 0 Å². The summed E-state index contributed by atoms with van der Waals surface area (Å²) in [5, 5.41) is 9.39. The molecule has 1 unspecified atom stereocenters. The zero-order valence-electron chi connectivity index (χ0n) is 13.0. The summed E-state index contributed by atoms with van der Waals surface area (Å²) >= 11 is 0. The van der Waals surface area contributed by atoms with Gasteiger partial charge in [0, 0.05) is 25.3 Å². The third-order valence-corrected chi connectivity index (χ3v) is 4.12. The number of carbonyl (C=O) groups is 1. The highest BCUT2D eigenvalue weighted by molar-refractivity contribution is 5.66. The van der Waals surface area contributed by atoms with Crippen LogP contribution in [0.15, 0.2) is 30.8 Å². The van der Waals surface area contributed by atoms with Crippen molar-refractivity contribution in [3.8, 4) is 0 Å². The molecule has 1 atom stereocenters. The fraction of sp³-hybridized carbons (Fsp3) is 0.471. The zero-order chi connectivity index (χ0) is 15.6. The first kappa shape index (κ1) is 15.4. The number of anilines is 1. The molecule has 1 fully saturated rings. The summed E-state index contributed by atoms with van der Waals surface area (Å²) in [5.74, 6) is 0. The summed E-state index contributed by atoms with van der Waals surface area (Å²) in [6, 6.07) is 8.22. The first-order valence-electron chi connectivity index (χ1n) is 7.30. The largest absolute Gasteiger partial charge is 0.465 e. The Labute approximate surface area is 126 Å². The Bertz CT molecular complexity index is 517. The summed E-state index contributed by atoms with van der Waals surface area (Å²) in [7, 11) is 0. The predicted molar refractivity (Wildman–Crippen MR) is 86.7 cm³/mol. The van der Waals surface area contributed by atoms with Gasteiger partial charge in [-0.3, -0.25) is 0 Å². The molecule has 0 radical (unpaired) electrons. The quantitative estimate of drug-likeness (QED) is 0.905. The van der Waals surface area contributed by atoms with Crippen LogP contribution in [0.1, 0.15) is 26.3 Å². The molecule has 1 heterocycles. The molecule has 2 rings (SSSR count). The Balaban J connectivity index is 2.20. The van der Waals surface area contributed by atoms with E-state index in [1.165, 1.54) is 0 Å². The lowest BCUT2D eigenvalue weighted by atomic mass is 9.84. The fourth-order valence-electron chi connectivity index (χ4n) is 2.81. The molecular formula is C17H24N2O2. The molecule has 4 heteroatoms. The van der Waals surface area contributed by atoms with Crippen molar-refractivity contribution >= 4 is 17.9 Å². The van der Waals surface area contributed by atoms with Crippen LogP contribution >= 0.6 is 0 Å². The van der Waals surface area contributed by atoms with E-state index < -0.39 is 6.09 Å². The number of rotatable bonds is 2. The summed E-state index contributed by atoms with van der Waals surface area (Å²) < 4.78 is 0. The van der Waals surface area contributed by atoms with E-state index >= 15 is 0 Å². The topological polar surface area (TPSA) is 43.8 Å². The Hall–Kier alpha value is -1.97. The van der Waals surface area contributed by atoms with E-state index in [0.29, 0.717) is 6.54 Å². The molecule has 0 saturated carbocycles. The van der Waals surface area contributed by atoms with E-state index in [2.05, 4.69) is 44.4 Å². The monoisotopic (exact) mass is 288 g/mol. The molecule has 1 aliphatic heterocycles. The maximum Gasteiger partial charge on any atom is 0.407 e. The minimum Gasteiger partial charge on any atom is -0.465 e. The van der Waals surface area contributed by atoms with Crippen LogP contribution < -0.4 is 4.90 Å². The van der Waals surface area contributed by atoms with Crippen LogP contribution in [0.25, 0.3) is 6.08 Å². The zero-order valence-corrected chi connectivity index (χ0v) is 13.0. The average molecular weight is 288 g/mol. The normalized spacial score (nSPS) is 19.5. The molecule has 0 aliphatic carbocycles. The summed E-state index contributed by atoms with van der Waals surface area (Å²) in [6.45, 7) is 12.0. The second-order valence-electron chi connectivity index (χ2n) is 6.60. The molecule has 1 aromatic carbocycles. The van der Waals surface area contributed by atoms with Gasteiger partial charge in [0.15, 0.2) is 0 Å². The summed E-state index contributed by atoms with van der Waals surface area (Å²) in [4.78, 5) is 15.3. The molecule has 1 saturated heterocycles. The molecule has 1 N–H and O–H groups in total. The van der Waals surface area contributed by atoms with Gasteiger partial charge in [-0.05, 0) is 23.1 Å². The Morgan fingerprint density at radius 1 is 1.29 bits per heavy atom. The van der Waals surface area contributed by atoms with Crippen molar-refractivity contribution in [1.29, 1.82) is 0 Å². The first-order chi connectivity index (χ1) is 9.82. The molecule has 114 valence electrons. The molecule has 0 bridgehead atoms. The highest BCUT2D eigenvalue weighted by Crippen LogP contribution is 2.30. The van der Waals surface area contributed by atoms with Gasteiger partial charge in [-0.25, -0.2) is 4.79 Å². The van der Waals surface area contributed by atoms with Crippen molar-refractivity contribution in [2.24, 2.45) is 5.41 Å². The van der Waals surface area contributed by atoms with Crippen LogP contribution in [0.2, 0.25) is 0 Å². The van der Waals surface area contributed by atoms with Crippen molar-refractivity contribution in [2.75, 3.05) is 24.5 Å². The van der Waals surface area contributed by atoms with Crippen molar-refractivity contribution in [1.82, 2.24) is 4.90 Å². The highest BCUT2D eigenvalue weighted by atomic mass is 16.4. The Morgan fingerprint density at radius 2 is 1.90 bits per heavy atom. The third kappa shape index (κ3) is 3.38. The van der Waals surface area contributed by atoms with Gasteiger partial charge in [0.05, 0.1) is 6.04 Å². The lowest BCUT2D eigenvalue weighted by Gasteiger charge is -2.46. The number of piperazine rings is 1. The number of amides is 1. The van der Waals surface area contributed by atoms with E-state index in [9.17, 15) is 9.90 Å². The van der Waals surface area contributed by atoms with Crippen molar-refractivity contribution in [2.45, 2.75) is 26.8 Å². The van der Waals surface area contributed by atoms with Crippen molar-refractivity contribution < 1.29 is 9.90 Å². The molecule has 0 spiro atoms. The second-order valence-corrected chi connectivity index (χ2v) is 6.60. The lowest BCUT2D eigenvalue weighted by molar-refractivity contribution is 0.0748. The van der Waals surface area contributed by atoms with E-state index in [0.717, 1.165) is 24.3 Å². The Kier molecular flexibility index (Phi) is 4.26. The number of hydrogen-bond acceptors (Lipinski definition) is 2. The number of hydrogen-bond donors (Lipinski definition) is 1. The van der Waals surface area contributed by atoms with Crippen molar-refractivity contribution in [3.05, 3.63) is 36.4 Å². The van der Waals surface area contributed by atoms with Crippen LogP contribution in [0.5, 0.6) is 0 Å². The average Bonchev–Trinajstić information content (AvgIpc) is 2.45. The van der Waals surface area contributed by atoms with Gasteiger partial charge in [-0.15, -0.1) is 0 Å². The Morgan fingerprint density at radius 3 is 2.38 bits per heavy atom. The van der Waals surface area contributed by atoms with Gasteiger partial charge in [0.1, 0.15) is 0 Å². The second kappa shape index (κ2) is 5.80. The third-order valence-electron chi connectivity index (χ3n) is 4.12. The van der Waals surface area contributed by atoms with E-state index in [4.69, 9.17) is 0 Å². The fourth-order valence-corrected chi connectivity index (χ4v) is 2.81. The van der Waals surface area contributed by atoms with E-state index in [1.807, 2.05) is 18.2 Å². The van der Waals surface area contributed by atoms with Gasteiger partial charge in [0.2, 0.25) is 0 Å². The predicted octanol–water partition coefficient (Wildman–Crippen LogP) is 3.54. The molecule has 0 aromatic heterocycles. The minimum absolute atomic E-state index is 0.0113. The van der Waals surface area contributed by atoms with Gasteiger partial charge in [0.25, 0.3) is 0 Å². The van der Waals surface area contributed by atoms with Gasteiger partial charge < -0.3 is 14.9 Å². The van der Waals surface area contributed by atoms with Gasteiger partial charge in [-0.1, -0.05) is 45.6 Å². The molecule has 1 amide bonds. The lowest BCUT2D eigenvalue weighted by Crippen LogP contribution is -2.59. The van der Waals surface area contributed by atoms with Crippen LogP contribution in [0.4, 0.5) is 10.5 Å². The molecule has 21 heavy (non-hydrogen) atoms. The summed E-state index contributed by atoms with van der Waals surface area (Å²) in [5.41, 5.74) is 2.15. The van der Waals surface area contributed by atoms with Crippen LogP contribution in [0, 0.1) is 5.41 Å². The SMILES string of the molecule is C=Cc1ccc(N2CCN(C(=O)O)C(C(C)(C)C)C2)cc1. The number of carboxylic acid groups (broad SMARTS) is 1. The smallest absolute Gasteiger partial charge is 0.407 e. The first-order valence-corrected chi connectivity index (χ1v) is 7.30. The molecule has 1 aromatic rings. The van der Waals surface area contributed by atoms with E-state index in [-0.39, 0.29) is 11.5 Å². The standard InChI is InChI=1S/C17H24N2O2/c1-5-13-6-8-14(9-7-13)18-10-11-19(16(20)21)15(12-18)17(2,3)4/h5-9,15H,1,10-12H2,2-4H3,(H,20,21). The number of benzene rings is 1. The number of nitrogens with zero attached hydrogens (tertiary/aromatic N) is 2. The van der Waals surface area contributed by atoms with Gasteiger partial charge in [-0.2, -0.15) is 0 Å². The highest BCUT2D eigenvalue weighted by Gasteiger charge is 2.37. The van der Waals surface area contributed by atoms with Crippen LogP contribution in [-0.2, 0) is 0 Å². The van der Waals surface area contributed by atoms with Crippen LogP contribution in [-0.4, -0.2) is 41.8 Å². The van der Waals surface area contributed by atoms with Crippen LogP contribution in [0.3, 0.4) is 0 Å². The molecule has 1 aliphatic rings. The van der Waals surface area contributed by atoms with E-state index in [1.54, 1.807) is 4.90 Å².